The van der Waals surface area contributed by atoms with E-state index in [1.165, 1.54) is 0 Å². The fourth-order valence-electron chi connectivity index (χ4n) is 2.56. The Balaban J connectivity index is 2.04. The lowest BCUT2D eigenvalue weighted by molar-refractivity contribution is 0.276. The van der Waals surface area contributed by atoms with Gasteiger partial charge in [-0.2, -0.15) is 0 Å². The van der Waals surface area contributed by atoms with Gasteiger partial charge in [0, 0.05) is 11.8 Å². The van der Waals surface area contributed by atoms with Crippen LogP contribution in [0.5, 0.6) is 5.75 Å². The molecule has 0 radical (unpaired) electrons. The quantitative estimate of drug-likeness (QED) is 0.782. The third-order valence-electron chi connectivity index (χ3n) is 3.69. The molecule has 1 aromatic carbocycles. The number of hydrogen-bond acceptors (Lipinski definition) is 3. The van der Waals surface area contributed by atoms with Crippen LogP contribution in [0.2, 0.25) is 0 Å². The maximum Gasteiger partial charge on any atom is 0.140 e. The highest BCUT2D eigenvalue weighted by atomic mass is 16.5. The van der Waals surface area contributed by atoms with Crippen LogP contribution >= 0.6 is 0 Å². The molecule has 0 aliphatic heterocycles. The number of aliphatic hydroxyl groups excluding tert-OH is 1. The van der Waals surface area contributed by atoms with Crippen molar-refractivity contribution in [2.75, 3.05) is 6.61 Å². The van der Waals surface area contributed by atoms with E-state index >= 15 is 0 Å². The molecule has 1 N–H and O–H groups in total. The summed E-state index contributed by atoms with van der Waals surface area (Å²) < 4.78 is 7.56. The molecular weight excluding hydrogens is 276 g/mol. The van der Waals surface area contributed by atoms with Crippen molar-refractivity contribution >= 4 is 5.65 Å². The molecule has 0 aliphatic rings. The molecular formula is C18H20N2O2. The van der Waals surface area contributed by atoms with Crippen LogP contribution in [0.25, 0.3) is 16.9 Å². The van der Waals surface area contributed by atoms with E-state index in [2.05, 4.69) is 6.92 Å². The Hall–Kier alpha value is -2.33. The van der Waals surface area contributed by atoms with Gasteiger partial charge >= 0.3 is 0 Å². The van der Waals surface area contributed by atoms with Crippen LogP contribution in [-0.2, 0) is 6.61 Å². The number of aryl methyl sites for hydroxylation is 1. The summed E-state index contributed by atoms with van der Waals surface area (Å²) in [7, 11) is 0. The smallest absolute Gasteiger partial charge is 0.140 e. The van der Waals surface area contributed by atoms with Crippen LogP contribution < -0.4 is 4.74 Å². The Kier molecular flexibility index (Phi) is 4.11. The van der Waals surface area contributed by atoms with Crippen LogP contribution in [0.3, 0.4) is 0 Å². The van der Waals surface area contributed by atoms with Crippen molar-refractivity contribution in [3.8, 4) is 17.0 Å². The number of fused-ring (bicyclic) bond motifs is 1. The highest BCUT2D eigenvalue weighted by Crippen LogP contribution is 2.27. The average Bonchev–Trinajstić information content (AvgIpc) is 2.93. The summed E-state index contributed by atoms with van der Waals surface area (Å²) in [5.74, 6) is 0.857. The number of imidazole rings is 1. The summed E-state index contributed by atoms with van der Waals surface area (Å²) in [5.41, 5.74) is 4.58. The predicted molar refractivity (Wildman–Crippen MR) is 87.1 cm³/mol. The number of ether oxygens (including phenoxy) is 1. The molecule has 0 unspecified atom stereocenters. The summed E-state index contributed by atoms with van der Waals surface area (Å²) in [6.45, 7) is 4.78. The van der Waals surface area contributed by atoms with Gasteiger partial charge in [0.25, 0.3) is 0 Å². The predicted octanol–water partition coefficient (Wildman–Crippen LogP) is 3.59. The van der Waals surface area contributed by atoms with Crippen molar-refractivity contribution < 1.29 is 9.84 Å². The van der Waals surface area contributed by atoms with Gasteiger partial charge in [-0.15, -0.1) is 0 Å². The standard InChI is InChI=1S/C18H20N2O2/c1-3-11-22-15-8-6-14(7-9-15)17-16(12-21)20-10-4-5-13(2)18(20)19-17/h4-10,21H,3,11-12H2,1-2H3. The van der Waals surface area contributed by atoms with E-state index in [1.54, 1.807) is 0 Å². The minimum atomic E-state index is -0.0476. The molecule has 0 saturated carbocycles. The van der Waals surface area contributed by atoms with Crippen molar-refractivity contribution in [2.24, 2.45) is 0 Å². The number of nitrogens with zero attached hydrogens (tertiary/aromatic N) is 2. The lowest BCUT2D eigenvalue weighted by Crippen LogP contribution is -1.96. The van der Waals surface area contributed by atoms with Gasteiger partial charge in [-0.1, -0.05) is 13.0 Å². The fourth-order valence-corrected chi connectivity index (χ4v) is 2.56. The SMILES string of the molecule is CCCOc1ccc(-c2nc3c(C)cccn3c2CO)cc1. The van der Waals surface area contributed by atoms with Crippen LogP contribution in [0.1, 0.15) is 24.6 Å². The normalized spacial score (nSPS) is 11.0. The number of rotatable bonds is 5. The average molecular weight is 296 g/mol. The fraction of sp³-hybridized carbons (Fsp3) is 0.278. The third-order valence-corrected chi connectivity index (χ3v) is 3.69. The van der Waals surface area contributed by atoms with E-state index < -0.39 is 0 Å². The van der Waals surface area contributed by atoms with E-state index in [4.69, 9.17) is 9.72 Å². The first-order valence-electron chi connectivity index (χ1n) is 7.55. The third kappa shape index (κ3) is 2.57. The monoisotopic (exact) mass is 296 g/mol. The molecule has 22 heavy (non-hydrogen) atoms. The topological polar surface area (TPSA) is 46.8 Å². The minimum Gasteiger partial charge on any atom is -0.494 e. The molecule has 0 atom stereocenters. The van der Waals surface area contributed by atoms with Crippen molar-refractivity contribution in [1.82, 2.24) is 9.38 Å². The second kappa shape index (κ2) is 6.20. The van der Waals surface area contributed by atoms with Crippen molar-refractivity contribution in [2.45, 2.75) is 26.9 Å². The molecule has 3 rings (SSSR count). The Morgan fingerprint density at radius 3 is 2.64 bits per heavy atom. The van der Waals surface area contributed by atoms with E-state index in [9.17, 15) is 5.11 Å². The summed E-state index contributed by atoms with van der Waals surface area (Å²) in [5, 5.41) is 9.74. The van der Waals surface area contributed by atoms with Gasteiger partial charge in [-0.25, -0.2) is 4.98 Å². The second-order valence-electron chi connectivity index (χ2n) is 5.32. The van der Waals surface area contributed by atoms with Crippen molar-refractivity contribution in [1.29, 1.82) is 0 Å². The number of hydrogen-bond donors (Lipinski definition) is 1. The van der Waals surface area contributed by atoms with Gasteiger partial charge < -0.3 is 14.2 Å². The molecule has 2 heterocycles. The summed E-state index contributed by atoms with van der Waals surface area (Å²) in [6.07, 6.45) is 2.92. The molecule has 0 fully saturated rings. The molecule has 4 heteroatoms. The summed E-state index contributed by atoms with van der Waals surface area (Å²) in [4.78, 5) is 4.71. The molecule has 3 aromatic rings. The molecule has 0 amide bonds. The number of aliphatic hydroxyl groups is 1. The van der Waals surface area contributed by atoms with E-state index in [0.29, 0.717) is 0 Å². The molecule has 2 aromatic heterocycles. The maximum absolute atomic E-state index is 9.74. The molecule has 114 valence electrons. The first kappa shape index (κ1) is 14.6. The highest BCUT2D eigenvalue weighted by molar-refractivity contribution is 5.68. The van der Waals surface area contributed by atoms with E-state index in [-0.39, 0.29) is 6.61 Å². The van der Waals surface area contributed by atoms with Gasteiger partial charge in [0.15, 0.2) is 0 Å². The Morgan fingerprint density at radius 2 is 1.95 bits per heavy atom. The van der Waals surface area contributed by atoms with Gasteiger partial charge in [0.1, 0.15) is 11.4 Å². The van der Waals surface area contributed by atoms with Gasteiger partial charge in [-0.3, -0.25) is 0 Å². The van der Waals surface area contributed by atoms with Crippen molar-refractivity contribution in [3.05, 3.63) is 53.9 Å². The first-order valence-corrected chi connectivity index (χ1v) is 7.55. The zero-order valence-corrected chi connectivity index (χ0v) is 12.9. The number of benzene rings is 1. The first-order chi connectivity index (χ1) is 10.7. The zero-order chi connectivity index (χ0) is 15.5. The maximum atomic E-state index is 9.74. The van der Waals surface area contributed by atoms with E-state index in [1.807, 2.05) is 53.9 Å². The number of aromatic nitrogens is 2. The molecule has 0 aliphatic carbocycles. The van der Waals surface area contributed by atoms with Crippen LogP contribution in [0.4, 0.5) is 0 Å². The number of pyridine rings is 1. The Morgan fingerprint density at radius 1 is 1.18 bits per heavy atom. The van der Waals surface area contributed by atoms with Crippen LogP contribution in [0.15, 0.2) is 42.6 Å². The van der Waals surface area contributed by atoms with E-state index in [0.717, 1.165) is 46.9 Å². The molecule has 0 spiro atoms. The largest absolute Gasteiger partial charge is 0.494 e. The molecule has 0 bridgehead atoms. The van der Waals surface area contributed by atoms with Gasteiger partial charge in [0.05, 0.1) is 24.6 Å². The minimum absolute atomic E-state index is 0.0476. The van der Waals surface area contributed by atoms with Crippen LogP contribution in [-0.4, -0.2) is 21.1 Å². The highest BCUT2D eigenvalue weighted by Gasteiger charge is 2.14. The summed E-state index contributed by atoms with van der Waals surface area (Å²) in [6, 6.07) is 11.9. The second-order valence-corrected chi connectivity index (χ2v) is 5.32. The Bertz CT molecular complexity index is 776. The van der Waals surface area contributed by atoms with Gasteiger partial charge in [0.2, 0.25) is 0 Å². The van der Waals surface area contributed by atoms with Crippen molar-refractivity contribution in [3.63, 3.8) is 0 Å². The van der Waals surface area contributed by atoms with Crippen LogP contribution in [0, 0.1) is 6.92 Å². The zero-order valence-electron chi connectivity index (χ0n) is 12.9. The summed E-state index contributed by atoms with van der Waals surface area (Å²) >= 11 is 0. The lowest BCUT2D eigenvalue weighted by Gasteiger charge is -2.06. The lowest BCUT2D eigenvalue weighted by atomic mass is 10.1. The Labute approximate surface area is 130 Å². The van der Waals surface area contributed by atoms with Gasteiger partial charge in [-0.05, 0) is 49.2 Å². The molecule has 4 nitrogen and oxygen atoms in total. The molecule has 0 saturated heterocycles.